The van der Waals surface area contributed by atoms with E-state index in [-0.39, 0.29) is 17.8 Å². The lowest BCUT2D eigenvalue weighted by molar-refractivity contribution is -0.122. The first kappa shape index (κ1) is 17.0. The number of carbonyl (C=O) groups excluding carboxylic acids is 2. The van der Waals surface area contributed by atoms with Gasteiger partial charge in [0.2, 0.25) is 0 Å². The molecule has 2 N–H and O–H groups in total. The van der Waals surface area contributed by atoms with Crippen molar-refractivity contribution in [3.8, 4) is 5.75 Å². The summed E-state index contributed by atoms with van der Waals surface area (Å²) in [6.45, 7) is 1.59. The van der Waals surface area contributed by atoms with E-state index in [1.165, 1.54) is 24.3 Å². The van der Waals surface area contributed by atoms with E-state index in [0.717, 1.165) is 12.8 Å². The van der Waals surface area contributed by atoms with E-state index in [1.807, 2.05) is 0 Å². The molecule has 1 aliphatic carbocycles. The number of hydrogen-bond donors (Lipinski definition) is 2. The summed E-state index contributed by atoms with van der Waals surface area (Å²) in [5, 5.41) is 5.62. The third kappa shape index (κ3) is 4.56. The molecule has 2 aromatic rings. The van der Waals surface area contributed by atoms with Crippen molar-refractivity contribution in [2.75, 3.05) is 5.32 Å². The van der Waals surface area contributed by atoms with Crippen molar-refractivity contribution in [3.63, 3.8) is 0 Å². The first-order valence-electron chi connectivity index (χ1n) is 8.16. The second-order valence-electron chi connectivity index (χ2n) is 6.00. The maximum Gasteiger partial charge on any atom is 0.265 e. The fourth-order valence-corrected chi connectivity index (χ4v) is 2.29. The molecule has 0 aliphatic heterocycles. The number of anilines is 1. The largest absolute Gasteiger partial charge is 0.481 e. The third-order valence-corrected chi connectivity index (χ3v) is 3.84. The molecule has 0 heterocycles. The number of hydrogen-bond acceptors (Lipinski definition) is 3. The molecule has 1 atom stereocenters. The van der Waals surface area contributed by atoms with Gasteiger partial charge in [0.15, 0.2) is 6.10 Å². The van der Waals surface area contributed by atoms with E-state index >= 15 is 0 Å². The van der Waals surface area contributed by atoms with Gasteiger partial charge in [-0.25, -0.2) is 4.39 Å². The average Bonchev–Trinajstić information content (AvgIpc) is 3.41. The molecule has 0 unspecified atom stereocenters. The fourth-order valence-electron chi connectivity index (χ4n) is 2.29. The van der Waals surface area contributed by atoms with Crippen LogP contribution < -0.4 is 15.4 Å². The minimum absolute atomic E-state index is 0.203. The molecule has 6 heteroatoms. The van der Waals surface area contributed by atoms with Crippen LogP contribution in [0.15, 0.2) is 48.5 Å². The molecule has 5 nitrogen and oxygen atoms in total. The van der Waals surface area contributed by atoms with Gasteiger partial charge < -0.3 is 15.4 Å². The minimum Gasteiger partial charge on any atom is -0.481 e. The van der Waals surface area contributed by atoms with Crippen LogP contribution in [0.4, 0.5) is 10.1 Å². The van der Waals surface area contributed by atoms with Gasteiger partial charge in [-0.05, 0) is 56.2 Å². The maximum absolute atomic E-state index is 12.9. The zero-order valence-electron chi connectivity index (χ0n) is 13.8. The molecule has 0 saturated heterocycles. The van der Waals surface area contributed by atoms with E-state index in [9.17, 15) is 14.0 Å². The lowest BCUT2D eigenvalue weighted by Gasteiger charge is -2.16. The molecule has 1 fully saturated rings. The van der Waals surface area contributed by atoms with Gasteiger partial charge in [-0.3, -0.25) is 9.59 Å². The number of ether oxygens (including phenoxy) is 1. The monoisotopic (exact) mass is 342 g/mol. The Hall–Kier alpha value is -2.89. The van der Waals surface area contributed by atoms with E-state index in [2.05, 4.69) is 10.6 Å². The molecule has 0 spiro atoms. The van der Waals surface area contributed by atoms with Gasteiger partial charge >= 0.3 is 0 Å². The van der Waals surface area contributed by atoms with Gasteiger partial charge in [-0.15, -0.1) is 0 Å². The lowest BCUT2D eigenvalue weighted by atomic mass is 10.1. The maximum atomic E-state index is 12.9. The van der Waals surface area contributed by atoms with Gasteiger partial charge in [-0.1, -0.05) is 12.1 Å². The highest BCUT2D eigenvalue weighted by Gasteiger charge is 2.25. The summed E-state index contributed by atoms with van der Waals surface area (Å²) in [6.07, 6.45) is 1.18. The van der Waals surface area contributed by atoms with Crippen molar-refractivity contribution >= 4 is 17.5 Å². The Bertz CT molecular complexity index is 772. The Morgan fingerprint density at radius 2 is 1.80 bits per heavy atom. The van der Waals surface area contributed by atoms with E-state index < -0.39 is 12.0 Å². The topological polar surface area (TPSA) is 67.4 Å². The molecule has 2 amide bonds. The van der Waals surface area contributed by atoms with Gasteiger partial charge in [-0.2, -0.15) is 0 Å². The molecular weight excluding hydrogens is 323 g/mol. The molecule has 130 valence electrons. The quantitative estimate of drug-likeness (QED) is 0.847. The standard InChI is InChI=1S/C19H19FN2O3/c1-12(25-15-10-6-13(20)7-11-15)18(23)22-17-5-3-2-4-16(17)19(24)21-14-8-9-14/h2-7,10-12,14H,8-9H2,1H3,(H,21,24)(H,22,23)/t12-/m0/s1. The van der Waals surface area contributed by atoms with Crippen molar-refractivity contribution in [1.29, 1.82) is 0 Å². The van der Waals surface area contributed by atoms with Crippen LogP contribution in [-0.4, -0.2) is 24.0 Å². The normalized spacial score (nSPS) is 14.5. The highest BCUT2D eigenvalue weighted by Crippen LogP contribution is 2.22. The smallest absolute Gasteiger partial charge is 0.265 e. The van der Waals surface area contributed by atoms with Crippen LogP contribution in [-0.2, 0) is 4.79 Å². The summed E-state index contributed by atoms with van der Waals surface area (Å²) >= 11 is 0. The molecule has 2 aromatic carbocycles. The summed E-state index contributed by atoms with van der Waals surface area (Å²) in [6, 6.07) is 12.5. The van der Waals surface area contributed by atoms with Crippen LogP contribution in [0.25, 0.3) is 0 Å². The predicted octanol–water partition coefficient (Wildman–Crippen LogP) is 3.12. The van der Waals surface area contributed by atoms with E-state index in [0.29, 0.717) is 17.0 Å². The molecule has 25 heavy (non-hydrogen) atoms. The first-order chi connectivity index (χ1) is 12.0. The number of benzene rings is 2. The molecule has 1 aliphatic rings. The van der Waals surface area contributed by atoms with Crippen LogP contribution >= 0.6 is 0 Å². The number of rotatable bonds is 6. The van der Waals surface area contributed by atoms with Crippen LogP contribution in [0, 0.1) is 5.82 Å². The van der Waals surface area contributed by atoms with E-state index in [4.69, 9.17) is 4.74 Å². The summed E-state index contributed by atoms with van der Waals surface area (Å²) in [5.41, 5.74) is 0.844. The highest BCUT2D eigenvalue weighted by molar-refractivity contribution is 6.04. The van der Waals surface area contributed by atoms with Crippen molar-refractivity contribution in [2.45, 2.75) is 31.9 Å². The Labute approximate surface area is 145 Å². The van der Waals surface area contributed by atoms with Crippen molar-refractivity contribution in [3.05, 3.63) is 59.9 Å². The SMILES string of the molecule is C[C@H](Oc1ccc(F)cc1)C(=O)Nc1ccccc1C(=O)NC1CC1. The Kier molecular flexibility index (Phi) is 4.97. The summed E-state index contributed by atoms with van der Waals surface area (Å²) in [5.74, 6) is -0.578. The minimum atomic E-state index is -0.801. The number of amides is 2. The Morgan fingerprint density at radius 3 is 2.48 bits per heavy atom. The molecule has 0 aromatic heterocycles. The van der Waals surface area contributed by atoms with Gasteiger partial charge in [0.1, 0.15) is 11.6 Å². The molecule has 3 rings (SSSR count). The highest BCUT2D eigenvalue weighted by atomic mass is 19.1. The van der Waals surface area contributed by atoms with Crippen molar-refractivity contribution in [2.24, 2.45) is 0 Å². The summed E-state index contributed by atoms with van der Waals surface area (Å²) in [7, 11) is 0. The van der Waals surface area contributed by atoms with Crippen LogP contribution in [0.5, 0.6) is 5.75 Å². The lowest BCUT2D eigenvalue weighted by Crippen LogP contribution is -2.32. The number of carbonyl (C=O) groups is 2. The Morgan fingerprint density at radius 1 is 1.12 bits per heavy atom. The average molecular weight is 342 g/mol. The van der Waals surface area contributed by atoms with Crippen LogP contribution in [0.2, 0.25) is 0 Å². The number of para-hydroxylation sites is 1. The van der Waals surface area contributed by atoms with Gasteiger partial charge in [0.05, 0.1) is 11.3 Å². The summed E-state index contributed by atoms with van der Waals surface area (Å²) < 4.78 is 18.4. The summed E-state index contributed by atoms with van der Waals surface area (Å²) in [4.78, 5) is 24.6. The van der Waals surface area contributed by atoms with Crippen molar-refractivity contribution < 1.29 is 18.7 Å². The van der Waals surface area contributed by atoms with E-state index in [1.54, 1.807) is 31.2 Å². The second-order valence-corrected chi connectivity index (χ2v) is 6.00. The first-order valence-corrected chi connectivity index (χ1v) is 8.16. The molecule has 0 bridgehead atoms. The molecular formula is C19H19FN2O3. The fraction of sp³-hybridized carbons (Fsp3) is 0.263. The predicted molar refractivity (Wildman–Crippen MR) is 92.0 cm³/mol. The van der Waals surface area contributed by atoms with Gasteiger partial charge in [0.25, 0.3) is 11.8 Å². The second kappa shape index (κ2) is 7.34. The van der Waals surface area contributed by atoms with Crippen molar-refractivity contribution in [1.82, 2.24) is 5.32 Å². The molecule has 1 saturated carbocycles. The number of nitrogens with one attached hydrogen (secondary N) is 2. The van der Waals surface area contributed by atoms with Gasteiger partial charge in [0, 0.05) is 6.04 Å². The van der Waals surface area contributed by atoms with Crippen LogP contribution in [0.1, 0.15) is 30.1 Å². The van der Waals surface area contributed by atoms with Crippen LogP contribution in [0.3, 0.4) is 0 Å². The zero-order chi connectivity index (χ0) is 17.8. The number of halogens is 1. The third-order valence-electron chi connectivity index (χ3n) is 3.84. The Balaban J connectivity index is 1.65. The zero-order valence-corrected chi connectivity index (χ0v) is 13.8. The molecule has 0 radical (unpaired) electrons.